The number of halogens is 1. The zero-order chi connectivity index (χ0) is 17.5. The van der Waals surface area contributed by atoms with E-state index in [4.69, 9.17) is 9.97 Å². The molecule has 1 aromatic carbocycles. The highest BCUT2D eigenvalue weighted by atomic mass is 35.5. The molecule has 5 rings (SSSR count). The van der Waals surface area contributed by atoms with Gasteiger partial charge in [-0.25, -0.2) is 9.97 Å². The molecule has 0 unspecified atom stereocenters. The number of aryl methyl sites for hydroxylation is 3. The van der Waals surface area contributed by atoms with Crippen LogP contribution in [0.2, 0.25) is 0 Å². The number of fused-ring (bicyclic) bond motifs is 2. The van der Waals surface area contributed by atoms with Gasteiger partial charge in [0.15, 0.2) is 5.82 Å². The maximum Gasteiger partial charge on any atom is 0.156 e. The quantitative estimate of drug-likeness (QED) is 0.686. The molecule has 1 aliphatic heterocycles. The molecule has 5 N–H and O–H groups in total. The molecule has 1 aliphatic carbocycles. The fraction of sp³-hybridized carbons (Fsp3) is 0.455. The molecule has 0 radical (unpaired) electrons. The molecule has 1 saturated heterocycles. The van der Waals surface area contributed by atoms with Crippen LogP contribution in [0.5, 0.6) is 0 Å². The molecule has 2 aromatic heterocycles. The fourth-order valence-electron chi connectivity index (χ4n) is 4.50. The number of anilines is 1. The number of benzene rings is 1. The van der Waals surface area contributed by atoms with Gasteiger partial charge >= 0.3 is 0 Å². The number of aromatic amines is 1. The zero-order valence-corrected chi connectivity index (χ0v) is 17.7. The number of hydrogen-bond donors (Lipinski definition) is 1. The molecule has 0 atom stereocenters. The molecular weight excluding hydrogens is 388 g/mol. The van der Waals surface area contributed by atoms with Crippen molar-refractivity contribution in [1.29, 1.82) is 0 Å². The van der Waals surface area contributed by atoms with Crippen molar-refractivity contribution in [3.8, 4) is 11.3 Å². The van der Waals surface area contributed by atoms with E-state index in [0.29, 0.717) is 0 Å². The summed E-state index contributed by atoms with van der Waals surface area (Å²) in [5, 5.41) is 0. The van der Waals surface area contributed by atoms with Crippen molar-refractivity contribution in [2.45, 2.75) is 51.9 Å². The summed E-state index contributed by atoms with van der Waals surface area (Å²) in [5.74, 6) is 1.94. The van der Waals surface area contributed by atoms with Crippen LogP contribution in [0, 0.1) is 6.92 Å². The lowest BCUT2D eigenvalue weighted by atomic mass is 9.90. The first kappa shape index (κ1) is 23.1. The Morgan fingerprint density at radius 1 is 0.862 bits per heavy atom. The summed E-state index contributed by atoms with van der Waals surface area (Å²) in [6.07, 6.45) is 8.91. The summed E-state index contributed by atoms with van der Waals surface area (Å²) in [5.41, 5.74) is 7.60. The number of rotatable bonds is 2. The van der Waals surface area contributed by atoms with Crippen LogP contribution in [-0.4, -0.2) is 39.0 Å². The minimum atomic E-state index is 0. The van der Waals surface area contributed by atoms with Crippen LogP contribution in [0.3, 0.4) is 0 Å². The molecule has 0 bridgehead atoms. The Bertz CT molecular complexity index is 967. The Balaban J connectivity index is 0.000001000. The highest BCUT2D eigenvalue weighted by molar-refractivity contribution is 5.91. The average Bonchev–Trinajstić information content (AvgIpc) is 3.11. The molecule has 7 heteroatoms. The van der Waals surface area contributed by atoms with Gasteiger partial charge in [-0.1, -0.05) is 12.1 Å². The van der Waals surface area contributed by atoms with Crippen LogP contribution in [0.4, 0.5) is 5.82 Å². The topological polar surface area (TPSA) is 108 Å². The smallest absolute Gasteiger partial charge is 0.156 e. The number of nitrogens with one attached hydrogen (secondary N) is 1. The molecular formula is C22H31ClN4O2. The third-order valence-electron chi connectivity index (χ3n) is 5.89. The number of aromatic nitrogens is 3. The monoisotopic (exact) mass is 418 g/mol. The Labute approximate surface area is 177 Å². The highest BCUT2D eigenvalue weighted by Crippen LogP contribution is 2.32. The Morgan fingerprint density at radius 3 is 2.34 bits per heavy atom. The summed E-state index contributed by atoms with van der Waals surface area (Å²) in [7, 11) is 0. The molecule has 3 aromatic rings. The lowest BCUT2D eigenvalue weighted by molar-refractivity contribution is 0.574. The molecule has 0 saturated carbocycles. The predicted molar refractivity (Wildman–Crippen MR) is 121 cm³/mol. The van der Waals surface area contributed by atoms with Crippen LogP contribution in [0.15, 0.2) is 24.3 Å². The van der Waals surface area contributed by atoms with E-state index in [1.807, 2.05) is 6.92 Å². The van der Waals surface area contributed by atoms with E-state index in [1.54, 1.807) is 0 Å². The standard InChI is InChI=1S/C22H26N4.ClH.2H2O/c1-15-23-20-14-19(18-10-9-16-7-3-4-8-17(16)13-18)25-21(20)22(24-15)26-11-5-2-6-12-26;;;/h9-10,13-14,25H,2-8,11-12H2,1H3;1H;2*1H2. The molecule has 3 heterocycles. The first-order valence-corrected chi connectivity index (χ1v) is 10.0. The second-order valence-corrected chi connectivity index (χ2v) is 7.78. The van der Waals surface area contributed by atoms with Crippen LogP contribution in [0.1, 0.15) is 49.1 Å². The third kappa shape index (κ3) is 4.39. The van der Waals surface area contributed by atoms with Gasteiger partial charge < -0.3 is 20.8 Å². The molecule has 158 valence electrons. The van der Waals surface area contributed by atoms with Crippen molar-refractivity contribution in [2.24, 2.45) is 0 Å². The van der Waals surface area contributed by atoms with Gasteiger partial charge in [0.05, 0.1) is 5.52 Å². The van der Waals surface area contributed by atoms with Gasteiger partial charge in [0.2, 0.25) is 0 Å². The van der Waals surface area contributed by atoms with Crippen LogP contribution in [0.25, 0.3) is 22.3 Å². The minimum absolute atomic E-state index is 0. The van der Waals surface area contributed by atoms with E-state index in [9.17, 15) is 0 Å². The lowest BCUT2D eigenvalue weighted by Crippen LogP contribution is -2.30. The van der Waals surface area contributed by atoms with Gasteiger partial charge in [-0.2, -0.15) is 0 Å². The van der Waals surface area contributed by atoms with E-state index in [2.05, 4.69) is 34.1 Å². The molecule has 2 aliphatic rings. The number of H-pyrrole nitrogens is 1. The van der Waals surface area contributed by atoms with Crippen molar-refractivity contribution in [1.82, 2.24) is 15.0 Å². The molecule has 1 fully saturated rings. The number of piperidine rings is 1. The molecule has 0 amide bonds. The van der Waals surface area contributed by atoms with Crippen LogP contribution >= 0.6 is 12.4 Å². The fourth-order valence-corrected chi connectivity index (χ4v) is 4.50. The number of hydrogen-bond acceptors (Lipinski definition) is 3. The molecule has 6 nitrogen and oxygen atoms in total. The van der Waals surface area contributed by atoms with Crippen LogP contribution < -0.4 is 4.90 Å². The van der Waals surface area contributed by atoms with Crippen molar-refractivity contribution >= 4 is 29.3 Å². The first-order valence-electron chi connectivity index (χ1n) is 10.0. The largest absolute Gasteiger partial charge is 0.412 e. The summed E-state index contributed by atoms with van der Waals surface area (Å²) in [6.45, 7) is 4.19. The zero-order valence-electron chi connectivity index (χ0n) is 16.9. The predicted octanol–water partition coefficient (Wildman–Crippen LogP) is 3.57. The highest BCUT2D eigenvalue weighted by Gasteiger charge is 2.19. The van der Waals surface area contributed by atoms with E-state index < -0.39 is 0 Å². The lowest BCUT2D eigenvalue weighted by Gasteiger charge is -2.28. The Hall–Kier alpha value is -2.15. The SMILES string of the molecule is Cc1nc(N2CCCCC2)c2[nH]c(-c3ccc4c(c3)CCCC4)cc2n1.Cl.O.O. The summed E-state index contributed by atoms with van der Waals surface area (Å²) >= 11 is 0. The van der Waals surface area contributed by atoms with Gasteiger partial charge in [0, 0.05) is 18.8 Å². The third-order valence-corrected chi connectivity index (χ3v) is 5.89. The van der Waals surface area contributed by atoms with E-state index in [1.165, 1.54) is 61.6 Å². The maximum atomic E-state index is 4.79. The second kappa shape index (κ2) is 9.57. The molecule has 0 spiro atoms. The van der Waals surface area contributed by atoms with Gasteiger partial charge in [-0.3, -0.25) is 0 Å². The Kier molecular flexibility index (Phi) is 7.63. The summed E-state index contributed by atoms with van der Waals surface area (Å²) in [6, 6.07) is 9.15. The van der Waals surface area contributed by atoms with Gasteiger partial charge in [0.25, 0.3) is 0 Å². The first-order chi connectivity index (χ1) is 12.8. The minimum Gasteiger partial charge on any atom is -0.412 e. The van der Waals surface area contributed by atoms with E-state index in [-0.39, 0.29) is 23.4 Å². The van der Waals surface area contributed by atoms with Gasteiger partial charge in [-0.15, -0.1) is 12.4 Å². The second-order valence-electron chi connectivity index (χ2n) is 7.78. The molecule has 29 heavy (non-hydrogen) atoms. The van der Waals surface area contributed by atoms with E-state index >= 15 is 0 Å². The summed E-state index contributed by atoms with van der Waals surface area (Å²) < 4.78 is 0. The van der Waals surface area contributed by atoms with E-state index in [0.717, 1.165) is 41.5 Å². The average molecular weight is 419 g/mol. The Morgan fingerprint density at radius 2 is 1.59 bits per heavy atom. The normalized spacial score (nSPS) is 15.7. The van der Waals surface area contributed by atoms with Crippen LogP contribution in [-0.2, 0) is 12.8 Å². The van der Waals surface area contributed by atoms with Crippen molar-refractivity contribution in [3.05, 3.63) is 41.2 Å². The summed E-state index contributed by atoms with van der Waals surface area (Å²) in [4.78, 5) is 15.6. The van der Waals surface area contributed by atoms with Crippen molar-refractivity contribution < 1.29 is 11.0 Å². The maximum absolute atomic E-state index is 4.79. The van der Waals surface area contributed by atoms with Crippen molar-refractivity contribution in [3.63, 3.8) is 0 Å². The number of nitrogens with zero attached hydrogens (tertiary/aromatic N) is 3. The van der Waals surface area contributed by atoms with Gasteiger partial charge in [0.1, 0.15) is 11.3 Å². The van der Waals surface area contributed by atoms with Crippen molar-refractivity contribution in [2.75, 3.05) is 18.0 Å². The van der Waals surface area contributed by atoms with Gasteiger partial charge in [-0.05, 0) is 80.7 Å².